The third-order valence-electron chi connectivity index (χ3n) is 3.08. The molecule has 0 atom stereocenters. The second-order valence-corrected chi connectivity index (χ2v) is 7.31. The first kappa shape index (κ1) is 15.4. The van der Waals surface area contributed by atoms with Crippen molar-refractivity contribution < 1.29 is 18.3 Å². The fraction of sp³-hybridized carbons (Fsp3) is 0.909. The van der Waals surface area contributed by atoms with Crippen LogP contribution < -0.4 is 4.72 Å². The van der Waals surface area contributed by atoms with Crippen LogP contribution in [0.4, 0.5) is 0 Å². The maximum atomic E-state index is 12.1. The summed E-state index contributed by atoms with van der Waals surface area (Å²) < 4.78 is 28.1. The normalized spacial score (nSPS) is 19.9. The third-order valence-corrected chi connectivity index (χ3v) is 4.94. The predicted octanol–water partition coefficient (Wildman–Crippen LogP) is 0.806. The number of carboxylic acids is 1. The zero-order valence-corrected chi connectivity index (χ0v) is 12.0. The minimum absolute atomic E-state index is 0.240. The van der Waals surface area contributed by atoms with Gasteiger partial charge in [0.15, 0.2) is 0 Å². The molecule has 0 radical (unpaired) electrons. The van der Waals surface area contributed by atoms with Gasteiger partial charge in [0, 0.05) is 18.6 Å². The van der Waals surface area contributed by atoms with E-state index in [-0.39, 0.29) is 6.42 Å². The number of nitrogens with one attached hydrogen (secondary N) is 1. The van der Waals surface area contributed by atoms with Crippen molar-refractivity contribution in [1.29, 1.82) is 0 Å². The van der Waals surface area contributed by atoms with Crippen LogP contribution in [0.2, 0.25) is 0 Å². The zero-order chi connectivity index (χ0) is 14.0. The van der Waals surface area contributed by atoms with Gasteiger partial charge in [0.05, 0.1) is 6.42 Å². The van der Waals surface area contributed by atoms with E-state index < -0.39 is 21.7 Å². The fourth-order valence-electron chi connectivity index (χ4n) is 2.05. The molecule has 0 saturated carbocycles. The number of hydrogen-bond acceptors (Lipinski definition) is 3. The van der Waals surface area contributed by atoms with Gasteiger partial charge >= 0.3 is 5.97 Å². The summed E-state index contributed by atoms with van der Waals surface area (Å²) in [7, 11) is -3.59. The Morgan fingerprint density at radius 2 is 1.89 bits per heavy atom. The molecule has 1 rings (SSSR count). The molecule has 0 aromatic heterocycles. The molecule has 0 unspecified atom stereocenters. The molecule has 7 heteroatoms. The minimum atomic E-state index is -3.59. The van der Waals surface area contributed by atoms with Crippen LogP contribution in [0.25, 0.3) is 0 Å². The first-order chi connectivity index (χ1) is 8.12. The molecule has 1 saturated heterocycles. The van der Waals surface area contributed by atoms with Crippen molar-refractivity contribution in [3.8, 4) is 0 Å². The van der Waals surface area contributed by atoms with E-state index in [1.54, 1.807) is 13.8 Å². The minimum Gasteiger partial charge on any atom is -0.481 e. The Hall–Kier alpha value is -0.660. The lowest BCUT2D eigenvalue weighted by Crippen LogP contribution is -2.52. The molecule has 0 bridgehead atoms. The molecule has 1 aliphatic rings. The number of piperidine rings is 1. The molecule has 1 heterocycles. The van der Waals surface area contributed by atoms with E-state index in [1.165, 1.54) is 4.31 Å². The molecule has 18 heavy (non-hydrogen) atoms. The predicted molar refractivity (Wildman–Crippen MR) is 68.4 cm³/mol. The number of nitrogens with zero attached hydrogens (tertiary/aromatic N) is 1. The molecule has 6 nitrogen and oxygen atoms in total. The highest BCUT2D eigenvalue weighted by Gasteiger charge is 2.32. The maximum absolute atomic E-state index is 12.1. The van der Waals surface area contributed by atoms with Crippen LogP contribution in [0.3, 0.4) is 0 Å². The van der Waals surface area contributed by atoms with Crippen molar-refractivity contribution in [3.63, 3.8) is 0 Å². The summed E-state index contributed by atoms with van der Waals surface area (Å²) in [6.45, 7) is 6.25. The van der Waals surface area contributed by atoms with Crippen molar-refractivity contribution in [2.45, 2.75) is 45.6 Å². The second-order valence-electron chi connectivity index (χ2n) is 5.64. The first-order valence-electron chi connectivity index (χ1n) is 6.13. The molecule has 2 N–H and O–H groups in total. The maximum Gasteiger partial charge on any atom is 0.305 e. The van der Waals surface area contributed by atoms with E-state index in [2.05, 4.69) is 11.6 Å². The van der Waals surface area contributed by atoms with E-state index in [4.69, 9.17) is 5.11 Å². The Labute approximate surface area is 109 Å². The lowest BCUT2D eigenvalue weighted by Gasteiger charge is -2.33. The molecule has 1 aliphatic heterocycles. The largest absolute Gasteiger partial charge is 0.481 e. The van der Waals surface area contributed by atoms with Crippen LogP contribution >= 0.6 is 0 Å². The Morgan fingerprint density at radius 1 is 1.39 bits per heavy atom. The number of aliphatic carboxylic acids is 1. The van der Waals surface area contributed by atoms with Crippen LogP contribution in [0.1, 0.15) is 40.0 Å². The van der Waals surface area contributed by atoms with E-state index in [9.17, 15) is 13.2 Å². The van der Waals surface area contributed by atoms with E-state index in [1.807, 2.05) is 0 Å². The molecule has 0 aliphatic carbocycles. The molecule has 1 fully saturated rings. The van der Waals surface area contributed by atoms with Gasteiger partial charge < -0.3 is 5.11 Å². The van der Waals surface area contributed by atoms with Crippen molar-refractivity contribution in [1.82, 2.24) is 9.03 Å². The molecular formula is C11H22N2O4S. The zero-order valence-electron chi connectivity index (χ0n) is 11.1. The van der Waals surface area contributed by atoms with Gasteiger partial charge in [-0.05, 0) is 32.6 Å². The topological polar surface area (TPSA) is 86.7 Å². The smallest absolute Gasteiger partial charge is 0.305 e. The van der Waals surface area contributed by atoms with Crippen molar-refractivity contribution in [3.05, 3.63) is 0 Å². The quantitative estimate of drug-likeness (QED) is 0.779. The van der Waals surface area contributed by atoms with Gasteiger partial charge in [0.1, 0.15) is 0 Å². The van der Waals surface area contributed by atoms with Gasteiger partial charge in [-0.15, -0.1) is 0 Å². The van der Waals surface area contributed by atoms with Crippen LogP contribution in [0.15, 0.2) is 0 Å². The highest BCUT2D eigenvalue weighted by Crippen LogP contribution is 2.20. The average molecular weight is 278 g/mol. The standard InChI is InChI=1S/C11H22N2O4S/c1-9-4-6-13(7-5-9)18(16,17)12-11(2,3)8-10(14)15/h9,12H,4-8H2,1-3H3,(H,14,15). The van der Waals surface area contributed by atoms with Gasteiger partial charge in [-0.2, -0.15) is 17.4 Å². The fourth-order valence-corrected chi connectivity index (χ4v) is 3.64. The highest BCUT2D eigenvalue weighted by molar-refractivity contribution is 7.87. The van der Waals surface area contributed by atoms with Crippen LogP contribution in [-0.4, -0.2) is 42.4 Å². The van der Waals surface area contributed by atoms with Gasteiger partial charge in [0.2, 0.25) is 0 Å². The highest BCUT2D eigenvalue weighted by atomic mass is 32.2. The van der Waals surface area contributed by atoms with Gasteiger partial charge in [-0.25, -0.2) is 0 Å². The lowest BCUT2D eigenvalue weighted by atomic mass is 10.0. The summed E-state index contributed by atoms with van der Waals surface area (Å²) in [5, 5.41) is 8.74. The summed E-state index contributed by atoms with van der Waals surface area (Å²) in [6, 6.07) is 0. The number of hydrogen-bond donors (Lipinski definition) is 2. The van der Waals surface area contributed by atoms with Crippen molar-refractivity contribution in [2.75, 3.05) is 13.1 Å². The summed E-state index contributed by atoms with van der Waals surface area (Å²) in [6.07, 6.45) is 1.46. The lowest BCUT2D eigenvalue weighted by molar-refractivity contribution is -0.138. The van der Waals surface area contributed by atoms with Crippen LogP contribution in [-0.2, 0) is 15.0 Å². The second kappa shape index (κ2) is 5.54. The van der Waals surface area contributed by atoms with Gasteiger partial charge in [-0.1, -0.05) is 6.92 Å². The number of carboxylic acid groups (broad SMARTS) is 1. The summed E-state index contributed by atoms with van der Waals surface area (Å²) in [4.78, 5) is 10.7. The Kier molecular flexibility index (Phi) is 4.74. The van der Waals surface area contributed by atoms with Crippen molar-refractivity contribution >= 4 is 16.2 Å². The van der Waals surface area contributed by atoms with Crippen molar-refractivity contribution in [2.24, 2.45) is 5.92 Å². The van der Waals surface area contributed by atoms with Gasteiger partial charge in [0.25, 0.3) is 10.2 Å². The van der Waals surface area contributed by atoms with Gasteiger partial charge in [-0.3, -0.25) is 4.79 Å². The van der Waals surface area contributed by atoms with E-state index in [0.29, 0.717) is 19.0 Å². The molecular weight excluding hydrogens is 256 g/mol. The Morgan fingerprint density at radius 3 is 2.33 bits per heavy atom. The summed E-state index contributed by atoms with van der Waals surface area (Å²) in [5.41, 5.74) is -0.978. The summed E-state index contributed by atoms with van der Waals surface area (Å²) >= 11 is 0. The number of rotatable bonds is 5. The van der Waals surface area contributed by atoms with E-state index >= 15 is 0 Å². The molecule has 0 amide bonds. The molecule has 106 valence electrons. The third kappa shape index (κ3) is 4.55. The van der Waals surface area contributed by atoms with Crippen LogP contribution in [0, 0.1) is 5.92 Å². The molecule has 0 aromatic rings. The number of carbonyl (C=O) groups is 1. The Balaban J connectivity index is 2.67. The first-order valence-corrected chi connectivity index (χ1v) is 7.57. The Bertz CT molecular complexity index is 397. The van der Waals surface area contributed by atoms with Crippen LogP contribution in [0.5, 0.6) is 0 Å². The monoisotopic (exact) mass is 278 g/mol. The summed E-state index contributed by atoms with van der Waals surface area (Å²) in [5.74, 6) is -0.474. The van der Waals surface area contributed by atoms with E-state index in [0.717, 1.165) is 12.8 Å². The molecule has 0 aromatic carbocycles. The molecule has 0 spiro atoms. The SMILES string of the molecule is CC1CCN(S(=O)(=O)NC(C)(C)CC(=O)O)CC1. The average Bonchev–Trinajstić information content (AvgIpc) is 2.13.